The van der Waals surface area contributed by atoms with Crippen molar-refractivity contribution in [3.05, 3.63) is 41.3 Å². The first-order valence-electron chi connectivity index (χ1n) is 6.63. The van der Waals surface area contributed by atoms with Crippen LogP contribution in [0.15, 0.2) is 30.7 Å². The average Bonchev–Trinajstić information content (AvgIpc) is 2.90. The number of rotatable bonds is 3. The van der Waals surface area contributed by atoms with Crippen LogP contribution in [0.4, 0.5) is 11.8 Å². The lowest BCUT2D eigenvalue weighted by Crippen LogP contribution is -2.27. The van der Waals surface area contributed by atoms with Crippen LogP contribution in [0.5, 0.6) is 0 Å². The molecule has 1 saturated heterocycles. The Balaban J connectivity index is 1.65. The van der Waals surface area contributed by atoms with Crippen LogP contribution in [-0.2, 0) is 0 Å². The molecule has 1 unspecified atom stereocenters. The molecule has 20 heavy (non-hydrogen) atoms. The lowest BCUT2D eigenvalue weighted by molar-refractivity contribution is 0.790. The van der Waals surface area contributed by atoms with E-state index in [0.29, 0.717) is 17.0 Å². The van der Waals surface area contributed by atoms with Gasteiger partial charge in [-0.25, -0.2) is 15.0 Å². The van der Waals surface area contributed by atoms with Crippen molar-refractivity contribution >= 4 is 23.4 Å². The first kappa shape index (κ1) is 13.1. The zero-order valence-electron chi connectivity index (χ0n) is 11.3. The Kier molecular flexibility index (Phi) is 3.69. The number of pyridine rings is 1. The number of hydrogen-bond donors (Lipinski definition) is 1. The van der Waals surface area contributed by atoms with Crippen LogP contribution in [0.3, 0.4) is 0 Å². The Bertz CT molecular complexity index is 586. The van der Waals surface area contributed by atoms with Gasteiger partial charge in [0.2, 0.25) is 5.95 Å². The van der Waals surface area contributed by atoms with Crippen molar-refractivity contribution < 1.29 is 0 Å². The molecule has 2 aromatic rings. The molecule has 3 rings (SSSR count). The summed E-state index contributed by atoms with van der Waals surface area (Å²) in [6.07, 6.45) is 6.42. The van der Waals surface area contributed by atoms with Gasteiger partial charge in [0.15, 0.2) is 0 Å². The van der Waals surface area contributed by atoms with Gasteiger partial charge in [-0.1, -0.05) is 11.6 Å². The van der Waals surface area contributed by atoms with Crippen LogP contribution in [-0.4, -0.2) is 34.1 Å². The molecule has 1 aliphatic rings. The summed E-state index contributed by atoms with van der Waals surface area (Å²) in [6.45, 7) is 3.76. The highest BCUT2D eigenvalue weighted by molar-refractivity contribution is 6.32. The van der Waals surface area contributed by atoms with Crippen LogP contribution in [0.2, 0.25) is 5.02 Å². The Labute approximate surface area is 123 Å². The van der Waals surface area contributed by atoms with E-state index in [4.69, 9.17) is 11.6 Å². The molecule has 1 atom stereocenters. The molecule has 0 aliphatic carbocycles. The highest BCUT2D eigenvalue weighted by atomic mass is 35.5. The first-order valence-corrected chi connectivity index (χ1v) is 7.01. The van der Waals surface area contributed by atoms with Gasteiger partial charge in [-0.15, -0.1) is 0 Å². The molecule has 2 aromatic heterocycles. The molecular weight excluding hydrogens is 274 g/mol. The Morgan fingerprint density at radius 3 is 2.85 bits per heavy atom. The van der Waals surface area contributed by atoms with E-state index in [1.54, 1.807) is 6.20 Å². The molecule has 1 fully saturated rings. The smallest absolute Gasteiger partial charge is 0.222 e. The number of hydrogen-bond acceptors (Lipinski definition) is 5. The number of anilines is 2. The van der Waals surface area contributed by atoms with Gasteiger partial charge in [-0.3, -0.25) is 0 Å². The molecule has 6 heteroatoms. The van der Waals surface area contributed by atoms with Gasteiger partial charge in [0.05, 0.1) is 5.02 Å². The van der Waals surface area contributed by atoms with E-state index in [1.165, 1.54) is 0 Å². The summed E-state index contributed by atoms with van der Waals surface area (Å²) < 4.78 is 0. The molecule has 104 valence electrons. The van der Waals surface area contributed by atoms with Crippen LogP contribution >= 0.6 is 11.6 Å². The van der Waals surface area contributed by atoms with Gasteiger partial charge in [-0.2, -0.15) is 0 Å². The topological polar surface area (TPSA) is 53.9 Å². The normalized spacial score (nSPS) is 18.3. The van der Waals surface area contributed by atoms with Crippen molar-refractivity contribution in [2.45, 2.75) is 19.4 Å². The number of halogens is 1. The molecule has 3 heterocycles. The maximum Gasteiger partial charge on any atom is 0.222 e. The fraction of sp³-hybridized carbons (Fsp3) is 0.357. The van der Waals surface area contributed by atoms with E-state index in [9.17, 15) is 0 Å². The van der Waals surface area contributed by atoms with Crippen LogP contribution < -0.4 is 10.2 Å². The molecule has 1 N–H and O–H groups in total. The minimum Gasteiger partial charge on any atom is -0.353 e. The van der Waals surface area contributed by atoms with E-state index in [2.05, 4.69) is 25.2 Å². The Morgan fingerprint density at radius 2 is 2.10 bits per heavy atom. The number of nitrogens with one attached hydrogen (secondary N) is 1. The second kappa shape index (κ2) is 5.63. The van der Waals surface area contributed by atoms with Crippen LogP contribution in [0.1, 0.15) is 12.0 Å². The Hall–Kier alpha value is -1.88. The van der Waals surface area contributed by atoms with E-state index < -0.39 is 0 Å². The molecule has 5 nitrogen and oxygen atoms in total. The predicted molar refractivity (Wildman–Crippen MR) is 80.3 cm³/mol. The predicted octanol–water partition coefficient (Wildman–Crippen LogP) is 2.52. The lowest BCUT2D eigenvalue weighted by atomic mass is 10.3. The van der Waals surface area contributed by atoms with Gasteiger partial charge < -0.3 is 10.2 Å². The zero-order valence-corrected chi connectivity index (χ0v) is 12.0. The molecule has 0 aromatic carbocycles. The average molecular weight is 290 g/mol. The monoisotopic (exact) mass is 289 g/mol. The van der Waals surface area contributed by atoms with Crippen molar-refractivity contribution in [2.24, 2.45) is 0 Å². The third-order valence-corrected chi connectivity index (χ3v) is 3.64. The Morgan fingerprint density at radius 1 is 1.30 bits per heavy atom. The lowest BCUT2D eigenvalue weighted by Gasteiger charge is -2.18. The molecule has 0 amide bonds. The van der Waals surface area contributed by atoms with Gasteiger partial charge in [-0.05, 0) is 31.0 Å². The highest BCUT2D eigenvalue weighted by Gasteiger charge is 2.25. The molecule has 1 aliphatic heterocycles. The van der Waals surface area contributed by atoms with Gasteiger partial charge in [0.25, 0.3) is 0 Å². The fourth-order valence-electron chi connectivity index (χ4n) is 2.33. The summed E-state index contributed by atoms with van der Waals surface area (Å²) in [5.74, 6) is 1.53. The van der Waals surface area contributed by atoms with E-state index >= 15 is 0 Å². The van der Waals surface area contributed by atoms with E-state index in [-0.39, 0.29) is 0 Å². The third kappa shape index (κ3) is 2.82. The van der Waals surface area contributed by atoms with E-state index in [1.807, 2.05) is 31.5 Å². The van der Waals surface area contributed by atoms with Gasteiger partial charge >= 0.3 is 0 Å². The minimum atomic E-state index is 0.316. The van der Waals surface area contributed by atoms with Gasteiger partial charge in [0, 0.05) is 37.7 Å². The van der Waals surface area contributed by atoms with Crippen molar-refractivity contribution in [3.63, 3.8) is 0 Å². The SMILES string of the molecule is Cc1cnc(NC2CCN(c3ncccc3Cl)C2)nc1. The summed E-state index contributed by atoms with van der Waals surface area (Å²) in [5, 5.41) is 4.05. The molecule has 0 radical (unpaired) electrons. The van der Waals surface area contributed by atoms with Crippen molar-refractivity contribution in [2.75, 3.05) is 23.3 Å². The standard InChI is InChI=1S/C14H16ClN5/c1-10-7-17-14(18-8-10)19-11-4-6-20(9-11)13-12(15)3-2-5-16-13/h2-3,5,7-8,11H,4,6,9H2,1H3,(H,17,18,19). The summed E-state index contributed by atoms with van der Waals surface area (Å²) >= 11 is 6.18. The van der Waals surface area contributed by atoms with Crippen LogP contribution in [0.25, 0.3) is 0 Å². The molecule has 0 saturated carbocycles. The second-order valence-electron chi connectivity index (χ2n) is 4.97. The number of aromatic nitrogens is 3. The minimum absolute atomic E-state index is 0.316. The first-order chi connectivity index (χ1) is 9.72. The summed E-state index contributed by atoms with van der Waals surface area (Å²) in [7, 11) is 0. The maximum atomic E-state index is 6.18. The summed E-state index contributed by atoms with van der Waals surface area (Å²) in [5.41, 5.74) is 1.06. The molecular formula is C14H16ClN5. The second-order valence-corrected chi connectivity index (χ2v) is 5.38. The van der Waals surface area contributed by atoms with Crippen molar-refractivity contribution in [1.82, 2.24) is 15.0 Å². The summed E-state index contributed by atoms with van der Waals surface area (Å²) in [4.78, 5) is 15.1. The highest BCUT2D eigenvalue weighted by Crippen LogP contribution is 2.26. The number of nitrogens with zero attached hydrogens (tertiary/aromatic N) is 4. The largest absolute Gasteiger partial charge is 0.353 e. The zero-order chi connectivity index (χ0) is 13.9. The fourth-order valence-corrected chi connectivity index (χ4v) is 2.57. The van der Waals surface area contributed by atoms with E-state index in [0.717, 1.165) is 30.9 Å². The third-order valence-electron chi connectivity index (χ3n) is 3.34. The van der Waals surface area contributed by atoms with Crippen molar-refractivity contribution in [3.8, 4) is 0 Å². The number of aryl methyl sites for hydroxylation is 1. The quantitative estimate of drug-likeness (QED) is 0.941. The molecule has 0 spiro atoms. The van der Waals surface area contributed by atoms with Crippen molar-refractivity contribution in [1.29, 1.82) is 0 Å². The summed E-state index contributed by atoms with van der Waals surface area (Å²) in [6, 6.07) is 4.03. The van der Waals surface area contributed by atoms with Crippen LogP contribution in [0, 0.1) is 6.92 Å². The maximum absolute atomic E-state index is 6.18. The van der Waals surface area contributed by atoms with Gasteiger partial charge in [0.1, 0.15) is 5.82 Å². The molecule has 0 bridgehead atoms.